The first-order valence-electron chi connectivity index (χ1n) is 8.65. The van der Waals surface area contributed by atoms with Gasteiger partial charge >= 0.3 is 5.97 Å². The van der Waals surface area contributed by atoms with Gasteiger partial charge in [0.2, 0.25) is 5.91 Å². The lowest BCUT2D eigenvalue weighted by Gasteiger charge is -2.35. The van der Waals surface area contributed by atoms with Gasteiger partial charge in [-0.2, -0.15) is 5.10 Å². The highest BCUT2D eigenvalue weighted by molar-refractivity contribution is 5.82. The van der Waals surface area contributed by atoms with E-state index in [1.54, 1.807) is 4.90 Å². The van der Waals surface area contributed by atoms with Crippen LogP contribution in [0.2, 0.25) is 0 Å². The molecule has 134 valence electrons. The third-order valence-electron chi connectivity index (χ3n) is 4.33. The molecule has 0 bridgehead atoms. The summed E-state index contributed by atoms with van der Waals surface area (Å²) in [6.07, 6.45) is 1.63. The smallest absolute Gasteiger partial charge is 0.310 e. The van der Waals surface area contributed by atoms with Gasteiger partial charge in [-0.25, -0.2) is 0 Å². The van der Waals surface area contributed by atoms with E-state index in [0.29, 0.717) is 19.7 Å². The fraction of sp³-hybridized carbons (Fsp3) is 0.722. The molecule has 6 nitrogen and oxygen atoms in total. The van der Waals surface area contributed by atoms with Crippen molar-refractivity contribution >= 4 is 11.9 Å². The maximum atomic E-state index is 12.4. The van der Waals surface area contributed by atoms with Crippen LogP contribution in [0.5, 0.6) is 0 Å². The van der Waals surface area contributed by atoms with Gasteiger partial charge in [0, 0.05) is 24.2 Å². The van der Waals surface area contributed by atoms with Crippen LogP contribution in [-0.4, -0.2) is 46.3 Å². The summed E-state index contributed by atoms with van der Waals surface area (Å²) in [7, 11) is 0. The van der Waals surface area contributed by atoms with Gasteiger partial charge in [0.05, 0.1) is 18.2 Å². The quantitative estimate of drug-likeness (QED) is 0.792. The minimum Gasteiger partial charge on any atom is -0.463 e. The zero-order chi connectivity index (χ0) is 17.9. The first-order chi connectivity index (χ1) is 11.2. The van der Waals surface area contributed by atoms with E-state index < -0.39 is 5.41 Å². The molecule has 1 unspecified atom stereocenters. The Morgan fingerprint density at radius 1 is 1.33 bits per heavy atom. The highest BCUT2D eigenvalue weighted by atomic mass is 16.5. The van der Waals surface area contributed by atoms with Crippen molar-refractivity contribution in [3.8, 4) is 0 Å². The maximum absolute atomic E-state index is 12.4. The van der Waals surface area contributed by atoms with Crippen molar-refractivity contribution in [1.82, 2.24) is 14.7 Å². The highest BCUT2D eigenvalue weighted by Gasteiger charge is 2.33. The number of likely N-dealkylation sites (tertiary alicyclic amines) is 1. The molecule has 1 aliphatic rings. The Morgan fingerprint density at radius 3 is 2.62 bits per heavy atom. The summed E-state index contributed by atoms with van der Waals surface area (Å²) in [6, 6.07) is 2.00. The van der Waals surface area contributed by atoms with Crippen LogP contribution in [-0.2, 0) is 20.9 Å². The average molecular weight is 335 g/mol. The van der Waals surface area contributed by atoms with E-state index in [4.69, 9.17) is 4.74 Å². The Kier molecular flexibility index (Phi) is 5.67. The predicted octanol–water partition coefficient (Wildman–Crippen LogP) is 2.33. The number of amides is 1. The van der Waals surface area contributed by atoms with Crippen molar-refractivity contribution < 1.29 is 14.3 Å². The van der Waals surface area contributed by atoms with Gasteiger partial charge in [0.15, 0.2) is 0 Å². The van der Waals surface area contributed by atoms with Gasteiger partial charge in [-0.3, -0.25) is 14.3 Å². The molecule has 0 aromatic carbocycles. The van der Waals surface area contributed by atoms with Crippen LogP contribution < -0.4 is 0 Å². The van der Waals surface area contributed by atoms with Gasteiger partial charge < -0.3 is 9.64 Å². The van der Waals surface area contributed by atoms with E-state index in [-0.39, 0.29) is 17.8 Å². The number of piperidine rings is 1. The lowest BCUT2D eigenvalue weighted by Crippen LogP contribution is -2.47. The number of nitrogens with zero attached hydrogens (tertiary/aromatic N) is 3. The number of rotatable bonds is 4. The molecule has 1 aromatic heterocycles. The molecule has 0 spiro atoms. The van der Waals surface area contributed by atoms with Gasteiger partial charge in [-0.1, -0.05) is 20.8 Å². The Balaban J connectivity index is 1.83. The monoisotopic (exact) mass is 335 g/mol. The molecule has 1 aliphatic heterocycles. The summed E-state index contributed by atoms with van der Waals surface area (Å²) in [6.45, 7) is 11.7. The minimum atomic E-state index is -0.415. The lowest BCUT2D eigenvalue weighted by molar-refractivity contribution is -0.153. The molecule has 1 atom stereocenters. The number of ether oxygens (including phenoxy) is 1. The van der Waals surface area contributed by atoms with Crippen molar-refractivity contribution in [1.29, 1.82) is 0 Å². The van der Waals surface area contributed by atoms with Gasteiger partial charge in [-0.05, 0) is 32.8 Å². The number of carbonyl (C=O) groups excluding carboxylic acids is 2. The molecule has 1 aromatic rings. The Bertz CT molecular complexity index is 601. The average Bonchev–Trinajstić information content (AvgIpc) is 2.83. The topological polar surface area (TPSA) is 64.4 Å². The number of hydrogen-bond donors (Lipinski definition) is 0. The van der Waals surface area contributed by atoms with Crippen LogP contribution in [0.15, 0.2) is 6.07 Å². The first kappa shape index (κ1) is 18.5. The molecule has 0 radical (unpaired) electrons. The van der Waals surface area contributed by atoms with E-state index in [1.807, 2.05) is 45.4 Å². The standard InChI is InChI=1S/C18H29N3O3/c1-13-11-14(2)21(19-13)9-10-24-16(22)15-7-6-8-20(12-15)17(23)18(3,4)5/h11,15H,6-10,12H2,1-5H3. The van der Waals surface area contributed by atoms with Gasteiger partial charge in [0.1, 0.15) is 6.61 Å². The van der Waals surface area contributed by atoms with E-state index in [0.717, 1.165) is 30.8 Å². The Labute approximate surface area is 144 Å². The summed E-state index contributed by atoms with van der Waals surface area (Å²) >= 11 is 0. The maximum Gasteiger partial charge on any atom is 0.310 e. The fourth-order valence-corrected chi connectivity index (χ4v) is 3.08. The van der Waals surface area contributed by atoms with E-state index in [2.05, 4.69) is 5.10 Å². The Hall–Kier alpha value is -1.85. The molecule has 0 aliphatic carbocycles. The number of hydrogen-bond acceptors (Lipinski definition) is 4. The van der Waals surface area contributed by atoms with Gasteiger partial charge in [0.25, 0.3) is 0 Å². The fourth-order valence-electron chi connectivity index (χ4n) is 3.08. The van der Waals surface area contributed by atoms with E-state index >= 15 is 0 Å². The summed E-state index contributed by atoms with van der Waals surface area (Å²) in [5.74, 6) is -0.323. The van der Waals surface area contributed by atoms with Crippen molar-refractivity contribution in [2.45, 2.75) is 54.0 Å². The highest BCUT2D eigenvalue weighted by Crippen LogP contribution is 2.24. The zero-order valence-corrected chi connectivity index (χ0v) is 15.5. The van der Waals surface area contributed by atoms with E-state index in [9.17, 15) is 9.59 Å². The summed E-state index contributed by atoms with van der Waals surface area (Å²) in [5, 5.41) is 4.35. The van der Waals surface area contributed by atoms with Crippen LogP contribution in [0.4, 0.5) is 0 Å². The summed E-state index contributed by atoms with van der Waals surface area (Å²) in [4.78, 5) is 26.5. The van der Waals surface area contributed by atoms with Crippen LogP contribution in [0, 0.1) is 25.2 Å². The third-order valence-corrected chi connectivity index (χ3v) is 4.33. The zero-order valence-electron chi connectivity index (χ0n) is 15.5. The second kappa shape index (κ2) is 7.36. The predicted molar refractivity (Wildman–Crippen MR) is 91.4 cm³/mol. The van der Waals surface area contributed by atoms with Gasteiger partial charge in [-0.15, -0.1) is 0 Å². The second-order valence-corrected chi connectivity index (χ2v) is 7.66. The van der Waals surface area contributed by atoms with Crippen molar-refractivity contribution in [3.05, 3.63) is 17.5 Å². The van der Waals surface area contributed by atoms with Crippen LogP contribution in [0.1, 0.15) is 45.0 Å². The third kappa shape index (κ3) is 4.58. The molecule has 0 N–H and O–H groups in total. The molecule has 1 saturated heterocycles. The van der Waals surface area contributed by atoms with Crippen molar-refractivity contribution in [3.63, 3.8) is 0 Å². The number of esters is 1. The molecule has 1 fully saturated rings. The molecule has 2 heterocycles. The summed E-state index contributed by atoms with van der Waals surface area (Å²) < 4.78 is 7.27. The molecule has 0 saturated carbocycles. The SMILES string of the molecule is Cc1cc(C)n(CCOC(=O)C2CCCN(C(=O)C(C)(C)C)C2)n1. The molecule has 6 heteroatoms. The number of carbonyl (C=O) groups is 2. The number of aryl methyl sites for hydroxylation is 2. The normalized spacial score (nSPS) is 18.5. The van der Waals surface area contributed by atoms with E-state index in [1.165, 1.54) is 0 Å². The van der Waals surface area contributed by atoms with Crippen LogP contribution in [0.25, 0.3) is 0 Å². The largest absolute Gasteiger partial charge is 0.463 e. The van der Waals surface area contributed by atoms with Crippen molar-refractivity contribution in [2.75, 3.05) is 19.7 Å². The molecular weight excluding hydrogens is 306 g/mol. The minimum absolute atomic E-state index is 0.0997. The first-order valence-corrected chi connectivity index (χ1v) is 8.65. The number of aromatic nitrogens is 2. The molecule has 2 rings (SSSR count). The molecule has 24 heavy (non-hydrogen) atoms. The Morgan fingerprint density at radius 2 is 2.04 bits per heavy atom. The van der Waals surface area contributed by atoms with Crippen LogP contribution in [0.3, 0.4) is 0 Å². The van der Waals surface area contributed by atoms with Crippen molar-refractivity contribution in [2.24, 2.45) is 11.3 Å². The van der Waals surface area contributed by atoms with Crippen LogP contribution >= 0.6 is 0 Å². The molecular formula is C18H29N3O3. The summed E-state index contributed by atoms with van der Waals surface area (Å²) in [5.41, 5.74) is 1.60. The second-order valence-electron chi connectivity index (χ2n) is 7.66. The molecule has 1 amide bonds. The lowest BCUT2D eigenvalue weighted by atomic mass is 9.91.